The van der Waals surface area contributed by atoms with Gasteiger partial charge in [0.05, 0.1) is 0 Å². The number of carboxylic acid groups (broad SMARTS) is 1. The highest BCUT2D eigenvalue weighted by Crippen LogP contribution is 2.11. The van der Waals surface area contributed by atoms with Gasteiger partial charge in [-0.2, -0.15) is 0 Å². The quantitative estimate of drug-likeness (QED) is 0.647. The molecule has 0 saturated carbocycles. The number of carboxylic acids is 1. The van der Waals surface area contributed by atoms with Crippen LogP contribution >= 0.6 is 0 Å². The van der Waals surface area contributed by atoms with E-state index in [9.17, 15) is 4.79 Å². The average molecular weight is 217 g/mol. The molecule has 0 amide bonds. The van der Waals surface area contributed by atoms with E-state index in [1.54, 1.807) is 14.0 Å². The number of nitrogens with one attached hydrogen (secondary N) is 1. The van der Waals surface area contributed by atoms with Crippen LogP contribution in [0.15, 0.2) is 0 Å². The van der Waals surface area contributed by atoms with Crippen LogP contribution in [0.3, 0.4) is 0 Å². The summed E-state index contributed by atoms with van der Waals surface area (Å²) < 4.78 is 4.92. The van der Waals surface area contributed by atoms with Crippen molar-refractivity contribution in [3.05, 3.63) is 0 Å². The molecule has 0 spiro atoms. The Hall–Kier alpha value is -0.610. The van der Waals surface area contributed by atoms with E-state index in [-0.39, 0.29) is 0 Å². The Morgan fingerprint density at radius 2 is 2.20 bits per heavy atom. The molecular weight excluding hydrogens is 194 g/mol. The molecule has 4 nitrogen and oxygen atoms in total. The van der Waals surface area contributed by atoms with Gasteiger partial charge in [-0.1, -0.05) is 20.3 Å². The largest absolute Gasteiger partial charge is 0.480 e. The molecule has 0 fully saturated rings. The molecule has 0 aliphatic heterocycles. The molecule has 0 rings (SSSR count). The van der Waals surface area contributed by atoms with E-state index in [0.29, 0.717) is 18.9 Å². The van der Waals surface area contributed by atoms with E-state index in [1.807, 2.05) is 0 Å². The van der Waals surface area contributed by atoms with Gasteiger partial charge in [0, 0.05) is 13.7 Å². The first kappa shape index (κ1) is 14.4. The maximum absolute atomic E-state index is 11.1. The van der Waals surface area contributed by atoms with Crippen molar-refractivity contribution in [1.82, 2.24) is 5.32 Å². The van der Waals surface area contributed by atoms with Crippen LogP contribution in [0.5, 0.6) is 0 Å². The number of rotatable bonds is 8. The predicted octanol–water partition coefficient (Wildman–Crippen LogP) is 1.50. The Labute approximate surface area is 92.0 Å². The summed E-state index contributed by atoms with van der Waals surface area (Å²) in [5.74, 6) is -0.325. The van der Waals surface area contributed by atoms with Gasteiger partial charge in [-0.25, -0.2) is 0 Å². The summed E-state index contributed by atoms with van der Waals surface area (Å²) in [6, 6.07) is 0. The third kappa shape index (κ3) is 5.14. The molecule has 0 aromatic rings. The lowest BCUT2D eigenvalue weighted by Crippen LogP contribution is -2.51. The standard InChI is InChI=1S/C11H23NO3/c1-5-9(2)8-12-11(3,10(13)14)6-7-15-4/h9,12H,5-8H2,1-4H3,(H,13,14). The molecule has 0 aliphatic carbocycles. The SMILES string of the molecule is CCC(C)CNC(C)(CCOC)C(=O)O. The minimum atomic E-state index is -0.876. The molecule has 0 bridgehead atoms. The van der Waals surface area contributed by atoms with Crippen molar-refractivity contribution in [3.63, 3.8) is 0 Å². The Balaban J connectivity index is 4.19. The number of carbonyl (C=O) groups is 1. The topological polar surface area (TPSA) is 58.6 Å². The second-order valence-corrected chi connectivity index (χ2v) is 4.27. The van der Waals surface area contributed by atoms with Gasteiger partial charge in [0.2, 0.25) is 0 Å². The van der Waals surface area contributed by atoms with Crippen molar-refractivity contribution < 1.29 is 14.6 Å². The molecule has 0 radical (unpaired) electrons. The second-order valence-electron chi connectivity index (χ2n) is 4.27. The van der Waals surface area contributed by atoms with Crippen LogP contribution < -0.4 is 5.32 Å². The first-order chi connectivity index (χ1) is 6.96. The highest BCUT2D eigenvalue weighted by atomic mass is 16.5. The van der Waals surface area contributed by atoms with Gasteiger partial charge in [-0.15, -0.1) is 0 Å². The first-order valence-electron chi connectivity index (χ1n) is 5.43. The molecule has 4 heteroatoms. The second kappa shape index (κ2) is 6.80. The van der Waals surface area contributed by atoms with Crippen LogP contribution in [-0.4, -0.2) is 36.9 Å². The van der Waals surface area contributed by atoms with Crippen LogP contribution in [-0.2, 0) is 9.53 Å². The molecule has 90 valence electrons. The van der Waals surface area contributed by atoms with Gasteiger partial charge in [0.15, 0.2) is 0 Å². The molecule has 0 heterocycles. The van der Waals surface area contributed by atoms with Crippen molar-refractivity contribution in [2.24, 2.45) is 5.92 Å². The van der Waals surface area contributed by atoms with E-state index < -0.39 is 11.5 Å². The van der Waals surface area contributed by atoms with Crippen LogP contribution in [0.2, 0.25) is 0 Å². The number of methoxy groups -OCH3 is 1. The third-order valence-corrected chi connectivity index (χ3v) is 2.82. The van der Waals surface area contributed by atoms with Crippen LogP contribution in [0.4, 0.5) is 0 Å². The zero-order chi connectivity index (χ0) is 11.9. The molecule has 2 N–H and O–H groups in total. The zero-order valence-corrected chi connectivity index (χ0v) is 10.2. The maximum Gasteiger partial charge on any atom is 0.323 e. The predicted molar refractivity (Wildman–Crippen MR) is 60.0 cm³/mol. The van der Waals surface area contributed by atoms with Crippen molar-refractivity contribution in [3.8, 4) is 0 Å². The highest BCUT2D eigenvalue weighted by molar-refractivity contribution is 5.78. The average Bonchev–Trinajstić information content (AvgIpc) is 2.22. The van der Waals surface area contributed by atoms with E-state index in [4.69, 9.17) is 9.84 Å². The lowest BCUT2D eigenvalue weighted by Gasteiger charge is -2.27. The summed E-state index contributed by atoms with van der Waals surface area (Å²) in [4.78, 5) is 11.1. The van der Waals surface area contributed by atoms with Gasteiger partial charge >= 0.3 is 5.97 Å². The Kier molecular flexibility index (Phi) is 6.52. The Morgan fingerprint density at radius 1 is 1.60 bits per heavy atom. The van der Waals surface area contributed by atoms with Crippen molar-refractivity contribution >= 4 is 5.97 Å². The normalized spacial score (nSPS) is 17.1. The van der Waals surface area contributed by atoms with Gasteiger partial charge in [0.1, 0.15) is 5.54 Å². The molecule has 0 aromatic heterocycles. The maximum atomic E-state index is 11.1. The Bertz CT molecular complexity index is 196. The summed E-state index contributed by atoms with van der Waals surface area (Å²) in [7, 11) is 1.58. The molecule has 0 saturated heterocycles. The van der Waals surface area contributed by atoms with Crippen LogP contribution in [0, 0.1) is 5.92 Å². The molecule has 2 atom stereocenters. The monoisotopic (exact) mass is 217 g/mol. The van der Waals surface area contributed by atoms with Crippen molar-refractivity contribution in [2.75, 3.05) is 20.3 Å². The van der Waals surface area contributed by atoms with Gasteiger partial charge in [0.25, 0.3) is 0 Å². The van der Waals surface area contributed by atoms with Gasteiger partial charge < -0.3 is 15.2 Å². The number of aliphatic carboxylic acids is 1. The Morgan fingerprint density at radius 3 is 2.60 bits per heavy atom. The van der Waals surface area contributed by atoms with E-state index in [1.165, 1.54) is 0 Å². The van der Waals surface area contributed by atoms with E-state index in [2.05, 4.69) is 19.2 Å². The molecule has 0 aliphatic rings. The fourth-order valence-corrected chi connectivity index (χ4v) is 1.12. The van der Waals surface area contributed by atoms with Gasteiger partial charge in [-0.05, 0) is 25.8 Å². The third-order valence-electron chi connectivity index (χ3n) is 2.82. The first-order valence-corrected chi connectivity index (χ1v) is 5.43. The smallest absolute Gasteiger partial charge is 0.323 e. The summed E-state index contributed by atoms with van der Waals surface area (Å²) >= 11 is 0. The number of hydrogen-bond acceptors (Lipinski definition) is 3. The van der Waals surface area contributed by atoms with Crippen LogP contribution in [0.25, 0.3) is 0 Å². The van der Waals surface area contributed by atoms with Gasteiger partial charge in [-0.3, -0.25) is 4.79 Å². The van der Waals surface area contributed by atoms with E-state index >= 15 is 0 Å². The minimum Gasteiger partial charge on any atom is -0.480 e. The molecular formula is C11H23NO3. The lowest BCUT2D eigenvalue weighted by molar-refractivity contribution is -0.145. The molecule has 0 aromatic carbocycles. The number of hydrogen-bond donors (Lipinski definition) is 2. The molecule has 15 heavy (non-hydrogen) atoms. The fraction of sp³-hybridized carbons (Fsp3) is 0.909. The minimum absolute atomic E-state index is 0.455. The zero-order valence-electron chi connectivity index (χ0n) is 10.2. The van der Waals surface area contributed by atoms with Crippen molar-refractivity contribution in [2.45, 2.75) is 39.2 Å². The highest BCUT2D eigenvalue weighted by Gasteiger charge is 2.32. The summed E-state index contributed by atoms with van der Waals surface area (Å²) in [5, 5.41) is 12.2. The summed E-state index contributed by atoms with van der Waals surface area (Å²) in [6.45, 7) is 7.08. The summed E-state index contributed by atoms with van der Waals surface area (Å²) in [5.41, 5.74) is -0.876. The van der Waals surface area contributed by atoms with E-state index in [0.717, 1.165) is 13.0 Å². The fourth-order valence-electron chi connectivity index (χ4n) is 1.12. The molecule has 2 unspecified atom stereocenters. The van der Waals surface area contributed by atoms with Crippen LogP contribution in [0.1, 0.15) is 33.6 Å². The lowest BCUT2D eigenvalue weighted by atomic mass is 9.97. The number of ether oxygens (including phenoxy) is 1. The van der Waals surface area contributed by atoms with Crippen molar-refractivity contribution in [1.29, 1.82) is 0 Å². The summed E-state index contributed by atoms with van der Waals surface area (Å²) in [6.07, 6.45) is 1.53.